The number of aromatic nitrogens is 1. The molecule has 1 rings (SSSR count). The Kier molecular flexibility index (Phi) is 13.0. The molecule has 22 heavy (non-hydrogen) atoms. The number of ether oxygens (including phenoxy) is 1. The van der Waals surface area contributed by atoms with Crippen molar-refractivity contribution in [1.82, 2.24) is 10.3 Å². The third-order valence-corrected chi connectivity index (χ3v) is 3.24. The SMILES string of the molecule is CCCCCCCCNC(N)=NCc1cccc(OC)n1.I. The second-order valence-corrected chi connectivity index (χ2v) is 5.07. The highest BCUT2D eigenvalue weighted by Gasteiger charge is 1.97. The normalized spacial score (nSPS) is 10.9. The number of unbranched alkanes of at least 4 members (excludes halogenated alkanes) is 5. The van der Waals surface area contributed by atoms with Crippen LogP contribution < -0.4 is 15.8 Å². The number of methoxy groups -OCH3 is 1. The summed E-state index contributed by atoms with van der Waals surface area (Å²) in [4.78, 5) is 8.57. The third-order valence-electron chi connectivity index (χ3n) is 3.24. The minimum Gasteiger partial charge on any atom is -0.481 e. The molecule has 0 radical (unpaired) electrons. The highest BCUT2D eigenvalue weighted by atomic mass is 127. The number of nitrogens with zero attached hydrogens (tertiary/aromatic N) is 2. The Hall–Kier alpha value is -1.05. The van der Waals surface area contributed by atoms with Crippen molar-refractivity contribution in [1.29, 1.82) is 0 Å². The standard InChI is InChI=1S/C16H28N4O.HI/c1-3-4-5-6-7-8-12-18-16(17)19-13-14-10-9-11-15(20-14)21-2;/h9-11H,3-8,12-13H2,1-2H3,(H3,17,18,19);1H. The Balaban J connectivity index is 0.00000441. The summed E-state index contributed by atoms with van der Waals surface area (Å²) in [5, 5.41) is 3.14. The van der Waals surface area contributed by atoms with Crippen LogP contribution in [0.5, 0.6) is 5.88 Å². The van der Waals surface area contributed by atoms with Crippen LogP contribution in [-0.2, 0) is 6.54 Å². The number of hydrogen-bond donors (Lipinski definition) is 2. The van der Waals surface area contributed by atoms with Gasteiger partial charge in [0.2, 0.25) is 5.88 Å². The van der Waals surface area contributed by atoms with Gasteiger partial charge in [0.05, 0.1) is 19.3 Å². The summed E-state index contributed by atoms with van der Waals surface area (Å²) in [6.45, 7) is 3.58. The molecule has 0 amide bonds. The molecule has 1 aromatic rings. The van der Waals surface area contributed by atoms with E-state index in [1.54, 1.807) is 7.11 Å². The van der Waals surface area contributed by atoms with E-state index in [4.69, 9.17) is 10.5 Å². The first kappa shape index (κ1) is 20.9. The fraction of sp³-hybridized carbons (Fsp3) is 0.625. The summed E-state index contributed by atoms with van der Waals surface area (Å²) in [5.41, 5.74) is 6.68. The van der Waals surface area contributed by atoms with Crippen LogP contribution >= 0.6 is 24.0 Å². The molecule has 0 aliphatic rings. The van der Waals surface area contributed by atoms with Crippen molar-refractivity contribution >= 4 is 29.9 Å². The Labute approximate surface area is 151 Å². The van der Waals surface area contributed by atoms with E-state index in [2.05, 4.69) is 22.2 Å². The zero-order chi connectivity index (χ0) is 15.3. The minimum absolute atomic E-state index is 0. The van der Waals surface area contributed by atoms with Gasteiger partial charge in [-0.3, -0.25) is 0 Å². The number of aliphatic imine (C=N–C) groups is 1. The monoisotopic (exact) mass is 420 g/mol. The van der Waals surface area contributed by atoms with E-state index in [0.717, 1.165) is 18.7 Å². The molecule has 0 aromatic carbocycles. The van der Waals surface area contributed by atoms with Gasteiger partial charge in [0.25, 0.3) is 0 Å². The number of rotatable bonds is 10. The molecule has 5 nitrogen and oxygen atoms in total. The van der Waals surface area contributed by atoms with E-state index in [1.165, 1.54) is 32.1 Å². The van der Waals surface area contributed by atoms with Crippen LogP contribution in [0.4, 0.5) is 0 Å². The van der Waals surface area contributed by atoms with Crippen molar-refractivity contribution in [2.24, 2.45) is 10.7 Å². The van der Waals surface area contributed by atoms with Gasteiger partial charge < -0.3 is 15.8 Å². The summed E-state index contributed by atoms with van der Waals surface area (Å²) in [7, 11) is 1.60. The van der Waals surface area contributed by atoms with Gasteiger partial charge in [0.15, 0.2) is 5.96 Å². The lowest BCUT2D eigenvalue weighted by Gasteiger charge is -2.06. The molecule has 0 bridgehead atoms. The average molecular weight is 420 g/mol. The van der Waals surface area contributed by atoms with Crippen molar-refractivity contribution in [3.05, 3.63) is 23.9 Å². The lowest BCUT2D eigenvalue weighted by molar-refractivity contribution is 0.396. The van der Waals surface area contributed by atoms with Gasteiger partial charge in [-0.15, -0.1) is 24.0 Å². The van der Waals surface area contributed by atoms with Gasteiger partial charge in [0.1, 0.15) is 0 Å². The van der Waals surface area contributed by atoms with Crippen molar-refractivity contribution in [2.75, 3.05) is 13.7 Å². The summed E-state index contributed by atoms with van der Waals surface area (Å²) in [6.07, 6.45) is 7.65. The van der Waals surface area contributed by atoms with Crippen LogP contribution in [0.25, 0.3) is 0 Å². The topological polar surface area (TPSA) is 72.5 Å². The quantitative estimate of drug-likeness (QED) is 0.263. The molecule has 0 aliphatic heterocycles. The van der Waals surface area contributed by atoms with Gasteiger partial charge in [0, 0.05) is 12.6 Å². The van der Waals surface area contributed by atoms with Crippen molar-refractivity contribution < 1.29 is 4.74 Å². The Morgan fingerprint density at radius 3 is 2.68 bits per heavy atom. The number of guanidine groups is 1. The van der Waals surface area contributed by atoms with Gasteiger partial charge in [-0.1, -0.05) is 45.1 Å². The molecule has 0 saturated carbocycles. The Bertz CT molecular complexity index is 426. The van der Waals surface area contributed by atoms with Crippen LogP contribution in [-0.4, -0.2) is 24.6 Å². The van der Waals surface area contributed by atoms with Gasteiger partial charge >= 0.3 is 0 Å². The second-order valence-electron chi connectivity index (χ2n) is 5.07. The fourth-order valence-electron chi connectivity index (χ4n) is 2.00. The maximum atomic E-state index is 5.83. The van der Waals surface area contributed by atoms with E-state index in [9.17, 15) is 0 Å². The molecule has 126 valence electrons. The van der Waals surface area contributed by atoms with Gasteiger partial charge in [-0.2, -0.15) is 0 Å². The molecule has 0 spiro atoms. The molecule has 1 heterocycles. The summed E-state index contributed by atoms with van der Waals surface area (Å²) in [6, 6.07) is 5.62. The number of pyridine rings is 1. The Morgan fingerprint density at radius 2 is 1.95 bits per heavy atom. The van der Waals surface area contributed by atoms with Gasteiger partial charge in [-0.25, -0.2) is 9.98 Å². The van der Waals surface area contributed by atoms with Crippen LogP contribution in [0.2, 0.25) is 0 Å². The predicted octanol–water partition coefficient (Wildman–Crippen LogP) is 3.47. The lowest BCUT2D eigenvalue weighted by Crippen LogP contribution is -2.32. The largest absolute Gasteiger partial charge is 0.481 e. The number of nitrogens with two attached hydrogens (primary N) is 1. The highest BCUT2D eigenvalue weighted by Crippen LogP contribution is 2.07. The van der Waals surface area contributed by atoms with E-state index in [0.29, 0.717) is 18.4 Å². The van der Waals surface area contributed by atoms with E-state index < -0.39 is 0 Å². The molecule has 1 aromatic heterocycles. The zero-order valence-electron chi connectivity index (χ0n) is 13.7. The first-order valence-electron chi connectivity index (χ1n) is 7.80. The van der Waals surface area contributed by atoms with Crippen LogP contribution in [0.1, 0.15) is 51.1 Å². The van der Waals surface area contributed by atoms with Gasteiger partial charge in [-0.05, 0) is 12.5 Å². The molecule has 0 saturated heterocycles. The lowest BCUT2D eigenvalue weighted by atomic mass is 10.1. The number of nitrogens with one attached hydrogen (secondary N) is 1. The number of hydrogen-bond acceptors (Lipinski definition) is 3. The molecule has 0 fully saturated rings. The summed E-state index contributed by atoms with van der Waals surface area (Å²) >= 11 is 0. The average Bonchev–Trinajstić information content (AvgIpc) is 2.52. The van der Waals surface area contributed by atoms with Crippen molar-refractivity contribution in [3.8, 4) is 5.88 Å². The van der Waals surface area contributed by atoms with Crippen LogP contribution in [0.3, 0.4) is 0 Å². The highest BCUT2D eigenvalue weighted by molar-refractivity contribution is 14.0. The molecule has 6 heteroatoms. The van der Waals surface area contributed by atoms with E-state index in [1.807, 2.05) is 18.2 Å². The van der Waals surface area contributed by atoms with Crippen molar-refractivity contribution in [3.63, 3.8) is 0 Å². The summed E-state index contributed by atoms with van der Waals surface area (Å²) < 4.78 is 5.07. The van der Waals surface area contributed by atoms with Crippen molar-refractivity contribution in [2.45, 2.75) is 52.0 Å². The maximum absolute atomic E-state index is 5.83. The first-order chi connectivity index (χ1) is 10.3. The zero-order valence-corrected chi connectivity index (χ0v) is 16.0. The predicted molar refractivity (Wildman–Crippen MR) is 103 cm³/mol. The second kappa shape index (κ2) is 13.6. The van der Waals surface area contributed by atoms with E-state index >= 15 is 0 Å². The molecular formula is C16H29IN4O. The minimum atomic E-state index is 0. The molecule has 0 aliphatic carbocycles. The van der Waals surface area contributed by atoms with Crippen LogP contribution in [0, 0.1) is 0 Å². The third kappa shape index (κ3) is 9.81. The molecule has 0 unspecified atom stereocenters. The first-order valence-corrected chi connectivity index (χ1v) is 7.80. The fourth-order valence-corrected chi connectivity index (χ4v) is 2.00. The number of halogens is 1. The molecule has 3 N–H and O–H groups in total. The maximum Gasteiger partial charge on any atom is 0.213 e. The smallest absolute Gasteiger partial charge is 0.213 e. The summed E-state index contributed by atoms with van der Waals surface area (Å²) in [5.74, 6) is 1.08. The molecular weight excluding hydrogens is 391 g/mol. The molecule has 0 atom stereocenters. The van der Waals surface area contributed by atoms with Crippen LogP contribution in [0.15, 0.2) is 23.2 Å². The Morgan fingerprint density at radius 1 is 1.23 bits per heavy atom. The van der Waals surface area contributed by atoms with E-state index in [-0.39, 0.29) is 24.0 Å².